The van der Waals surface area contributed by atoms with Crippen LogP contribution >= 0.6 is 11.8 Å². The monoisotopic (exact) mass is 285 g/mol. The molecule has 0 spiro atoms. The van der Waals surface area contributed by atoms with E-state index in [0.717, 1.165) is 32.5 Å². The van der Waals surface area contributed by atoms with Gasteiger partial charge in [-0.1, -0.05) is 0 Å². The Morgan fingerprint density at radius 1 is 1.42 bits per heavy atom. The van der Waals surface area contributed by atoms with Crippen molar-refractivity contribution >= 4 is 17.7 Å². The number of carbonyl (C=O) groups is 1. The predicted octanol–water partition coefficient (Wildman–Crippen LogP) is 0.930. The van der Waals surface area contributed by atoms with Gasteiger partial charge in [-0.2, -0.15) is 11.8 Å². The van der Waals surface area contributed by atoms with Crippen LogP contribution in [0.3, 0.4) is 0 Å². The molecular weight excluding hydrogens is 258 g/mol. The van der Waals surface area contributed by atoms with E-state index in [2.05, 4.69) is 21.8 Å². The van der Waals surface area contributed by atoms with Crippen LogP contribution in [0, 0.1) is 5.92 Å². The molecule has 2 atom stereocenters. The van der Waals surface area contributed by atoms with Gasteiger partial charge in [-0.3, -0.25) is 4.79 Å². The summed E-state index contributed by atoms with van der Waals surface area (Å²) in [6.45, 7) is 5.42. The highest BCUT2D eigenvalue weighted by molar-refractivity contribution is 7.98. The maximum Gasteiger partial charge on any atom is 0.237 e. The summed E-state index contributed by atoms with van der Waals surface area (Å²) >= 11 is 1.91. The molecule has 5 heteroatoms. The van der Waals surface area contributed by atoms with E-state index in [0.29, 0.717) is 5.92 Å². The van der Waals surface area contributed by atoms with Crippen LogP contribution in [0.15, 0.2) is 0 Å². The fraction of sp³-hybridized carbons (Fsp3) is 0.929. The Balaban J connectivity index is 1.65. The molecule has 1 amide bonds. The summed E-state index contributed by atoms with van der Waals surface area (Å²) in [5.41, 5.74) is 0. The second-order valence-electron chi connectivity index (χ2n) is 5.70. The van der Waals surface area contributed by atoms with Crippen molar-refractivity contribution in [3.05, 3.63) is 0 Å². The highest BCUT2D eigenvalue weighted by atomic mass is 32.2. The average molecular weight is 285 g/mol. The second kappa shape index (κ2) is 8.12. The molecule has 2 aliphatic heterocycles. The zero-order chi connectivity index (χ0) is 13.5. The largest absolute Gasteiger partial charge is 0.354 e. The number of nitrogens with one attached hydrogen (secondary N) is 2. The first kappa shape index (κ1) is 15.1. The number of piperidine rings is 1. The summed E-state index contributed by atoms with van der Waals surface area (Å²) in [5.74, 6) is 2.06. The number of nitrogens with zero attached hydrogens (tertiary/aromatic N) is 1. The number of likely N-dealkylation sites (tertiary alicyclic amines) is 1. The van der Waals surface area contributed by atoms with Crippen LogP contribution in [0.4, 0.5) is 0 Å². The van der Waals surface area contributed by atoms with Gasteiger partial charge in [0.25, 0.3) is 0 Å². The molecule has 0 aliphatic carbocycles. The average Bonchev–Trinajstić information content (AvgIpc) is 2.97. The van der Waals surface area contributed by atoms with Crippen LogP contribution in [-0.4, -0.2) is 61.6 Å². The van der Waals surface area contributed by atoms with Gasteiger partial charge in [0, 0.05) is 25.4 Å². The molecule has 0 bridgehead atoms. The van der Waals surface area contributed by atoms with Gasteiger partial charge >= 0.3 is 0 Å². The molecule has 0 radical (unpaired) electrons. The van der Waals surface area contributed by atoms with Gasteiger partial charge in [0.1, 0.15) is 0 Å². The van der Waals surface area contributed by atoms with E-state index in [1.165, 1.54) is 31.7 Å². The number of amides is 1. The van der Waals surface area contributed by atoms with E-state index < -0.39 is 0 Å². The highest BCUT2D eigenvalue weighted by Gasteiger charge is 2.24. The van der Waals surface area contributed by atoms with Gasteiger partial charge in [0.15, 0.2) is 0 Å². The number of hydrogen-bond donors (Lipinski definition) is 2. The van der Waals surface area contributed by atoms with Gasteiger partial charge in [0.2, 0.25) is 5.91 Å². The number of thioether (sulfide) groups is 1. The normalized spacial score (nSPS) is 28.5. The summed E-state index contributed by atoms with van der Waals surface area (Å²) in [6.07, 6.45) is 6.82. The van der Waals surface area contributed by atoms with Crippen molar-refractivity contribution in [2.24, 2.45) is 5.92 Å². The smallest absolute Gasteiger partial charge is 0.237 e. The third-order valence-corrected chi connectivity index (χ3v) is 4.75. The first-order chi connectivity index (χ1) is 9.29. The maximum atomic E-state index is 12.0. The van der Waals surface area contributed by atoms with E-state index in [4.69, 9.17) is 0 Å². The Morgan fingerprint density at radius 3 is 3.05 bits per heavy atom. The Hall–Kier alpha value is -0.260. The topological polar surface area (TPSA) is 44.4 Å². The molecule has 0 aromatic heterocycles. The van der Waals surface area contributed by atoms with Crippen LogP contribution in [0.2, 0.25) is 0 Å². The lowest BCUT2D eigenvalue weighted by molar-refractivity contribution is -0.123. The van der Waals surface area contributed by atoms with E-state index in [1.54, 1.807) is 0 Å². The summed E-state index contributed by atoms with van der Waals surface area (Å²) in [7, 11) is 0. The zero-order valence-electron chi connectivity index (χ0n) is 12.0. The molecule has 110 valence electrons. The SMILES string of the molecule is CSCCN1CCCC(CNC(=O)C2CCCN2)C1. The van der Waals surface area contributed by atoms with Crippen molar-refractivity contribution in [1.82, 2.24) is 15.5 Å². The minimum atomic E-state index is 0.0659. The Bertz CT molecular complexity index is 282. The molecule has 2 saturated heterocycles. The molecule has 4 nitrogen and oxygen atoms in total. The Kier molecular flexibility index (Phi) is 6.47. The molecule has 0 saturated carbocycles. The van der Waals surface area contributed by atoms with Crippen molar-refractivity contribution in [3.63, 3.8) is 0 Å². The maximum absolute atomic E-state index is 12.0. The molecule has 2 rings (SSSR count). The van der Waals surface area contributed by atoms with Crippen molar-refractivity contribution in [1.29, 1.82) is 0 Å². The standard InChI is InChI=1S/C14H27N3OS/c1-19-9-8-17-7-3-4-12(11-17)10-16-14(18)13-5-2-6-15-13/h12-13,15H,2-11H2,1H3,(H,16,18). The summed E-state index contributed by atoms with van der Waals surface area (Å²) in [6, 6.07) is 0.0659. The quantitative estimate of drug-likeness (QED) is 0.762. The van der Waals surface area contributed by atoms with Gasteiger partial charge in [-0.15, -0.1) is 0 Å². The molecule has 0 aromatic carbocycles. The molecule has 2 unspecified atom stereocenters. The third kappa shape index (κ3) is 4.97. The minimum absolute atomic E-state index is 0.0659. The Labute approximate surface area is 121 Å². The summed E-state index contributed by atoms with van der Waals surface area (Å²) < 4.78 is 0. The van der Waals surface area contributed by atoms with Crippen molar-refractivity contribution < 1.29 is 4.79 Å². The summed E-state index contributed by atoms with van der Waals surface area (Å²) in [4.78, 5) is 14.5. The highest BCUT2D eigenvalue weighted by Crippen LogP contribution is 2.16. The number of rotatable bonds is 6. The molecule has 19 heavy (non-hydrogen) atoms. The fourth-order valence-corrected chi connectivity index (χ4v) is 3.46. The van der Waals surface area contributed by atoms with E-state index in [1.807, 2.05) is 11.8 Å². The van der Waals surface area contributed by atoms with Gasteiger partial charge in [0.05, 0.1) is 6.04 Å². The fourth-order valence-electron chi connectivity index (χ4n) is 3.02. The molecule has 2 N–H and O–H groups in total. The lowest BCUT2D eigenvalue weighted by atomic mass is 9.98. The number of carbonyl (C=O) groups excluding carboxylic acids is 1. The van der Waals surface area contributed by atoms with Crippen LogP contribution in [-0.2, 0) is 4.79 Å². The van der Waals surface area contributed by atoms with Crippen LogP contribution in [0.5, 0.6) is 0 Å². The molecule has 2 heterocycles. The van der Waals surface area contributed by atoms with Gasteiger partial charge < -0.3 is 15.5 Å². The minimum Gasteiger partial charge on any atom is -0.354 e. The van der Waals surface area contributed by atoms with E-state index in [-0.39, 0.29) is 11.9 Å². The molecule has 2 fully saturated rings. The van der Waals surface area contributed by atoms with E-state index in [9.17, 15) is 4.79 Å². The first-order valence-corrected chi connectivity index (χ1v) is 8.91. The predicted molar refractivity (Wildman–Crippen MR) is 81.6 cm³/mol. The zero-order valence-corrected chi connectivity index (χ0v) is 12.8. The van der Waals surface area contributed by atoms with Crippen LogP contribution in [0.1, 0.15) is 25.7 Å². The van der Waals surface area contributed by atoms with Gasteiger partial charge in [-0.25, -0.2) is 0 Å². The lowest BCUT2D eigenvalue weighted by Gasteiger charge is -2.32. The van der Waals surface area contributed by atoms with Crippen LogP contribution < -0.4 is 10.6 Å². The van der Waals surface area contributed by atoms with Crippen molar-refractivity contribution in [2.75, 3.05) is 44.7 Å². The van der Waals surface area contributed by atoms with Crippen molar-refractivity contribution in [3.8, 4) is 0 Å². The molecular formula is C14H27N3OS. The molecule has 0 aromatic rings. The van der Waals surface area contributed by atoms with E-state index >= 15 is 0 Å². The van der Waals surface area contributed by atoms with Crippen molar-refractivity contribution in [2.45, 2.75) is 31.7 Å². The lowest BCUT2D eigenvalue weighted by Crippen LogP contribution is -2.45. The molecule has 2 aliphatic rings. The first-order valence-electron chi connectivity index (χ1n) is 7.52. The summed E-state index contributed by atoms with van der Waals surface area (Å²) in [5, 5.41) is 6.39. The van der Waals surface area contributed by atoms with Gasteiger partial charge in [-0.05, 0) is 50.9 Å². The second-order valence-corrected chi connectivity index (χ2v) is 6.68. The Morgan fingerprint density at radius 2 is 2.32 bits per heavy atom. The third-order valence-electron chi connectivity index (χ3n) is 4.16. The number of hydrogen-bond acceptors (Lipinski definition) is 4. The van der Waals surface area contributed by atoms with Crippen LogP contribution in [0.25, 0.3) is 0 Å².